The van der Waals surface area contributed by atoms with Crippen molar-refractivity contribution in [2.24, 2.45) is 16.7 Å². The van der Waals surface area contributed by atoms with Gasteiger partial charge in [-0.05, 0) is 23.2 Å². The SMILES string of the molecule is CCC(C)(C)CC(C)(C)C(C)C. The van der Waals surface area contributed by atoms with Crippen LogP contribution in [0, 0.1) is 16.7 Å². The maximum atomic E-state index is 2.38. The van der Waals surface area contributed by atoms with Gasteiger partial charge in [-0.15, -0.1) is 0 Å². The molecule has 0 N–H and O–H groups in total. The molecule has 0 amide bonds. The van der Waals surface area contributed by atoms with Crippen LogP contribution in [0.25, 0.3) is 0 Å². The molecule has 0 fully saturated rings. The predicted octanol–water partition coefficient (Wildman–Crippen LogP) is 4.49. The Labute approximate surface area is 78.8 Å². The molecule has 0 aromatic heterocycles. The molecule has 0 nitrogen and oxygen atoms in total. The lowest BCUT2D eigenvalue weighted by molar-refractivity contribution is 0.136. The Hall–Kier alpha value is 0. The molecule has 0 bridgehead atoms. The Kier molecular flexibility index (Phi) is 3.81. The summed E-state index contributed by atoms with van der Waals surface area (Å²) in [7, 11) is 0. The molecule has 0 heterocycles. The van der Waals surface area contributed by atoms with Gasteiger partial charge in [0.15, 0.2) is 0 Å². The van der Waals surface area contributed by atoms with Crippen LogP contribution in [0.2, 0.25) is 0 Å². The van der Waals surface area contributed by atoms with Crippen molar-refractivity contribution in [1.82, 2.24) is 0 Å². The molecule has 0 atom stereocenters. The number of hydrogen-bond donors (Lipinski definition) is 0. The van der Waals surface area contributed by atoms with E-state index in [-0.39, 0.29) is 0 Å². The average Bonchev–Trinajstić information content (AvgIpc) is 1.85. The van der Waals surface area contributed by atoms with Crippen LogP contribution in [0.15, 0.2) is 0 Å². The predicted molar refractivity (Wildman–Crippen MR) is 57.3 cm³/mol. The van der Waals surface area contributed by atoms with Gasteiger partial charge in [0.1, 0.15) is 0 Å². The lowest BCUT2D eigenvalue weighted by Crippen LogP contribution is -2.27. The van der Waals surface area contributed by atoms with Crippen molar-refractivity contribution in [3.63, 3.8) is 0 Å². The summed E-state index contributed by atoms with van der Waals surface area (Å²) >= 11 is 0. The first-order chi connectivity index (χ1) is 5.21. The molecule has 0 saturated carbocycles. The summed E-state index contributed by atoms with van der Waals surface area (Å²) in [6.07, 6.45) is 2.61. The molecule has 0 aliphatic carbocycles. The van der Waals surface area contributed by atoms with Gasteiger partial charge in [-0.3, -0.25) is 0 Å². The van der Waals surface area contributed by atoms with E-state index in [0.29, 0.717) is 10.8 Å². The Morgan fingerprint density at radius 3 is 1.67 bits per heavy atom. The van der Waals surface area contributed by atoms with Gasteiger partial charge < -0.3 is 0 Å². The summed E-state index contributed by atoms with van der Waals surface area (Å²) in [6, 6.07) is 0. The Morgan fingerprint density at radius 1 is 1.00 bits per heavy atom. The lowest BCUT2D eigenvalue weighted by atomic mass is 9.68. The summed E-state index contributed by atoms with van der Waals surface area (Å²) in [5.41, 5.74) is 0.993. The normalized spacial score (nSPS) is 14.0. The van der Waals surface area contributed by atoms with Crippen LogP contribution >= 0.6 is 0 Å². The monoisotopic (exact) mass is 170 g/mol. The third-order valence-electron chi connectivity index (χ3n) is 3.45. The molecule has 0 aliphatic heterocycles. The summed E-state index contributed by atoms with van der Waals surface area (Å²) in [5.74, 6) is 0.781. The van der Waals surface area contributed by atoms with E-state index in [2.05, 4.69) is 48.5 Å². The van der Waals surface area contributed by atoms with Gasteiger partial charge in [-0.25, -0.2) is 0 Å². The molecule has 0 aromatic carbocycles. The maximum Gasteiger partial charge on any atom is -0.0326 e. The molecule has 0 spiro atoms. The minimum absolute atomic E-state index is 0.486. The van der Waals surface area contributed by atoms with Gasteiger partial charge in [0, 0.05) is 0 Å². The van der Waals surface area contributed by atoms with Crippen molar-refractivity contribution in [3.05, 3.63) is 0 Å². The molecular formula is C12H26. The average molecular weight is 170 g/mol. The molecule has 0 radical (unpaired) electrons. The molecule has 12 heavy (non-hydrogen) atoms. The molecule has 0 heteroatoms. The zero-order chi connectivity index (χ0) is 9.99. The van der Waals surface area contributed by atoms with Gasteiger partial charge in [0.25, 0.3) is 0 Å². The summed E-state index contributed by atoms with van der Waals surface area (Å²) in [4.78, 5) is 0. The zero-order valence-corrected chi connectivity index (χ0v) is 9.99. The molecule has 0 aliphatic rings. The smallest absolute Gasteiger partial charge is 0.0326 e. The third-order valence-corrected chi connectivity index (χ3v) is 3.45. The molecule has 0 saturated heterocycles. The van der Waals surface area contributed by atoms with Crippen LogP contribution in [0.5, 0.6) is 0 Å². The Balaban J connectivity index is 4.23. The summed E-state index contributed by atoms with van der Waals surface area (Å²) < 4.78 is 0. The van der Waals surface area contributed by atoms with Crippen molar-refractivity contribution < 1.29 is 0 Å². The highest BCUT2D eigenvalue weighted by Gasteiger charge is 2.29. The van der Waals surface area contributed by atoms with E-state index >= 15 is 0 Å². The van der Waals surface area contributed by atoms with E-state index in [9.17, 15) is 0 Å². The van der Waals surface area contributed by atoms with E-state index < -0.39 is 0 Å². The fourth-order valence-corrected chi connectivity index (χ4v) is 1.56. The lowest BCUT2D eigenvalue weighted by Gasteiger charge is -2.37. The molecular weight excluding hydrogens is 144 g/mol. The van der Waals surface area contributed by atoms with Crippen molar-refractivity contribution in [2.75, 3.05) is 0 Å². The summed E-state index contributed by atoms with van der Waals surface area (Å²) in [6.45, 7) is 16.5. The Morgan fingerprint density at radius 2 is 1.42 bits per heavy atom. The fraction of sp³-hybridized carbons (Fsp3) is 1.00. The van der Waals surface area contributed by atoms with Gasteiger partial charge in [-0.1, -0.05) is 54.9 Å². The minimum atomic E-state index is 0.486. The van der Waals surface area contributed by atoms with E-state index in [4.69, 9.17) is 0 Å². The first-order valence-electron chi connectivity index (χ1n) is 5.21. The first kappa shape index (κ1) is 12.0. The van der Waals surface area contributed by atoms with Crippen molar-refractivity contribution >= 4 is 0 Å². The van der Waals surface area contributed by atoms with Crippen LogP contribution in [-0.2, 0) is 0 Å². The van der Waals surface area contributed by atoms with Crippen LogP contribution in [-0.4, -0.2) is 0 Å². The van der Waals surface area contributed by atoms with Gasteiger partial charge in [0.2, 0.25) is 0 Å². The highest BCUT2D eigenvalue weighted by Crippen LogP contribution is 2.40. The number of hydrogen-bond acceptors (Lipinski definition) is 0. The minimum Gasteiger partial charge on any atom is -0.0649 e. The van der Waals surface area contributed by atoms with Gasteiger partial charge >= 0.3 is 0 Å². The number of rotatable bonds is 4. The van der Waals surface area contributed by atoms with Gasteiger partial charge in [-0.2, -0.15) is 0 Å². The molecule has 74 valence electrons. The standard InChI is InChI=1S/C12H26/c1-8-11(4,5)9-12(6,7)10(2)3/h10H,8-9H2,1-7H3. The quantitative estimate of drug-likeness (QED) is 0.583. The van der Waals surface area contributed by atoms with E-state index in [0.717, 1.165) is 5.92 Å². The van der Waals surface area contributed by atoms with E-state index in [1.807, 2.05) is 0 Å². The van der Waals surface area contributed by atoms with Crippen molar-refractivity contribution in [2.45, 2.75) is 61.3 Å². The fourth-order valence-electron chi connectivity index (χ4n) is 1.56. The largest absolute Gasteiger partial charge is 0.0649 e. The second kappa shape index (κ2) is 3.81. The van der Waals surface area contributed by atoms with E-state index in [1.165, 1.54) is 12.8 Å². The van der Waals surface area contributed by atoms with Crippen LogP contribution in [0.4, 0.5) is 0 Å². The Bertz CT molecular complexity index is 129. The highest BCUT2D eigenvalue weighted by molar-refractivity contribution is 4.80. The van der Waals surface area contributed by atoms with Gasteiger partial charge in [0.05, 0.1) is 0 Å². The van der Waals surface area contributed by atoms with Crippen LogP contribution < -0.4 is 0 Å². The molecule has 0 unspecified atom stereocenters. The van der Waals surface area contributed by atoms with Crippen molar-refractivity contribution in [3.8, 4) is 0 Å². The van der Waals surface area contributed by atoms with Crippen LogP contribution in [0.1, 0.15) is 61.3 Å². The zero-order valence-electron chi connectivity index (χ0n) is 9.99. The highest BCUT2D eigenvalue weighted by atomic mass is 14.3. The van der Waals surface area contributed by atoms with Crippen molar-refractivity contribution in [1.29, 1.82) is 0 Å². The third kappa shape index (κ3) is 3.60. The summed E-state index contributed by atoms with van der Waals surface area (Å²) in [5, 5.41) is 0. The second-order valence-corrected chi connectivity index (χ2v) is 5.84. The molecule has 0 rings (SSSR count). The van der Waals surface area contributed by atoms with Crippen LogP contribution in [0.3, 0.4) is 0 Å². The topological polar surface area (TPSA) is 0 Å². The van der Waals surface area contributed by atoms with E-state index in [1.54, 1.807) is 0 Å². The maximum absolute atomic E-state index is 2.38. The first-order valence-corrected chi connectivity index (χ1v) is 5.21. The second-order valence-electron chi connectivity index (χ2n) is 5.84. The molecule has 0 aromatic rings.